The van der Waals surface area contributed by atoms with Crippen LogP contribution in [-0.4, -0.2) is 101 Å². The van der Waals surface area contributed by atoms with E-state index in [1.54, 1.807) is 43.5 Å². The quantitative estimate of drug-likeness (QED) is 0.0704. The minimum Gasteiger partial charge on any atom is -0.744 e. The highest BCUT2D eigenvalue weighted by molar-refractivity contribution is 7.88. The Morgan fingerprint density at radius 2 is 0.824 bits per heavy atom. The summed E-state index contributed by atoms with van der Waals surface area (Å²) < 4.78 is 119. The van der Waals surface area contributed by atoms with Gasteiger partial charge in [0.15, 0.2) is 12.5 Å². The molecular formula is C83H83N3O12S4-2. The van der Waals surface area contributed by atoms with E-state index < -0.39 is 30.3 Å². The molecular weight excluding hydrogens is 1360 g/mol. The lowest BCUT2D eigenvalue weighted by Gasteiger charge is -2.32. The maximum Gasteiger partial charge on any atom is 0.208 e. The van der Waals surface area contributed by atoms with Crippen molar-refractivity contribution in [3.63, 3.8) is 0 Å². The molecule has 102 heavy (non-hydrogen) atoms. The van der Waals surface area contributed by atoms with Crippen molar-refractivity contribution < 1.29 is 52.9 Å². The number of aryl methyl sites for hydroxylation is 8. The summed E-state index contributed by atoms with van der Waals surface area (Å²) in [6, 6.07) is 61.8. The van der Waals surface area contributed by atoms with Crippen molar-refractivity contribution in [2.75, 3.05) is 52.6 Å². The van der Waals surface area contributed by atoms with Crippen molar-refractivity contribution >= 4 is 66.1 Å². The molecule has 0 aromatic heterocycles. The van der Waals surface area contributed by atoms with Crippen LogP contribution in [0.15, 0.2) is 204 Å². The highest BCUT2D eigenvalue weighted by atomic mass is 32.2. The molecule has 1 N–H and O–H groups in total. The molecule has 1 fully saturated rings. The molecule has 0 radical (unpaired) electrons. The Kier molecular flexibility index (Phi) is 24.4. The van der Waals surface area contributed by atoms with E-state index in [0.29, 0.717) is 51.8 Å². The van der Waals surface area contributed by atoms with Gasteiger partial charge in [-0.25, -0.2) is 30.0 Å². The molecule has 3 heterocycles. The number of piperazine rings is 1. The summed E-state index contributed by atoms with van der Waals surface area (Å²) in [5.41, 5.74) is 20.2. The third kappa shape index (κ3) is 18.2. The molecule has 15 nitrogen and oxygen atoms in total. The minimum absolute atomic E-state index is 0.246. The average molecular weight is 1440 g/mol. The number of sulfonamides is 1. The van der Waals surface area contributed by atoms with Crippen LogP contribution in [0.3, 0.4) is 0 Å². The van der Waals surface area contributed by atoms with Gasteiger partial charge in [0.25, 0.3) is 0 Å². The normalized spacial score (nSPS) is 13.9. The number of fused-ring (bicyclic) bond motifs is 4. The topological polar surface area (TPSA) is 212 Å². The maximum atomic E-state index is 12.4. The van der Waals surface area contributed by atoms with Gasteiger partial charge >= 0.3 is 0 Å². The zero-order chi connectivity index (χ0) is 73.2. The molecule has 3 aliphatic rings. The molecule has 0 unspecified atom stereocenters. The van der Waals surface area contributed by atoms with E-state index in [9.17, 15) is 34.4 Å². The van der Waals surface area contributed by atoms with E-state index >= 15 is 0 Å². The molecule has 0 saturated carbocycles. The van der Waals surface area contributed by atoms with Crippen LogP contribution in [0.2, 0.25) is 0 Å². The number of ether oxygens (including phenoxy) is 2. The van der Waals surface area contributed by atoms with Gasteiger partial charge < -0.3 is 28.3 Å². The number of rotatable bonds is 16. The minimum atomic E-state index is -4.72. The van der Waals surface area contributed by atoms with Crippen LogP contribution in [-0.2, 0) is 60.5 Å². The molecule has 0 aliphatic carbocycles. The average Bonchev–Trinajstić information content (AvgIpc) is 0.749. The van der Waals surface area contributed by atoms with Gasteiger partial charge in [0, 0.05) is 76.6 Å². The van der Waals surface area contributed by atoms with E-state index in [1.165, 1.54) is 74.0 Å². The van der Waals surface area contributed by atoms with Crippen molar-refractivity contribution in [1.82, 2.24) is 14.7 Å². The summed E-state index contributed by atoms with van der Waals surface area (Å²) in [4.78, 5) is 6.95. The first-order valence-corrected chi connectivity index (χ1v) is 38.6. The fourth-order valence-corrected chi connectivity index (χ4v) is 15.4. The summed E-state index contributed by atoms with van der Waals surface area (Å²) in [7, 11) is -10.8. The second kappa shape index (κ2) is 32.9. The fourth-order valence-electron chi connectivity index (χ4n) is 13.5. The molecule has 0 atom stereocenters. The first-order valence-electron chi connectivity index (χ1n) is 33.5. The fraction of sp³-hybridized carbons (Fsp3) is 0.229. The molecule has 0 bridgehead atoms. The van der Waals surface area contributed by atoms with E-state index in [2.05, 4.69) is 162 Å². The number of nitrogens with one attached hydrogen (secondary N) is 1. The Hall–Kier alpha value is -9.09. The molecule has 1 saturated heterocycles. The Balaban J connectivity index is 0.000000178. The third-order valence-corrected chi connectivity index (χ3v) is 21.4. The molecule has 528 valence electrons. The SMILES string of the molecule is CON1CCN(CCCNS(C)(=O)=O)CC1.Cc1cccc(C)c1/C=c1\ccc2c(c1)Oc1cc(Cc3c(C)cccc3C)ccc1C=2c1ccccc1S(=O)(=O)[O-].Cc1cccc(C)c1/C=c1\ccc2c(c1)Oc1cc(Cc3c(C)cccc3C)ccc1C=2c1ccccc1S(=O)(=O)[O-].O=S. The second-order valence-corrected chi connectivity index (χ2v) is 30.5. The molecule has 10 aromatic rings. The molecule has 0 spiro atoms. The van der Waals surface area contributed by atoms with E-state index in [4.69, 9.17) is 18.5 Å². The van der Waals surface area contributed by atoms with Gasteiger partial charge in [-0.1, -0.05) is 146 Å². The lowest BCUT2D eigenvalue weighted by molar-refractivity contribution is -0.151. The van der Waals surface area contributed by atoms with Crippen LogP contribution in [0.1, 0.15) is 107 Å². The van der Waals surface area contributed by atoms with Gasteiger partial charge in [-0.3, -0.25) is 0 Å². The largest absolute Gasteiger partial charge is 0.744 e. The highest BCUT2D eigenvalue weighted by Crippen LogP contribution is 2.41. The van der Waals surface area contributed by atoms with Gasteiger partial charge in [-0.15, -0.1) is 0 Å². The highest BCUT2D eigenvalue weighted by Gasteiger charge is 2.27. The lowest BCUT2D eigenvalue weighted by Crippen LogP contribution is -2.46. The van der Waals surface area contributed by atoms with Gasteiger partial charge in [0.1, 0.15) is 43.2 Å². The first kappa shape index (κ1) is 75.6. The second-order valence-electron chi connectivity index (χ2n) is 26.0. The maximum absolute atomic E-state index is 12.4. The summed E-state index contributed by atoms with van der Waals surface area (Å²) in [5, 5.41) is 5.33. The number of benzene rings is 10. The molecule has 19 heteroatoms. The predicted molar refractivity (Wildman–Crippen MR) is 403 cm³/mol. The molecule has 3 aliphatic heterocycles. The smallest absolute Gasteiger partial charge is 0.208 e. The standard InChI is InChI=1S/2C37H32O4S.C9H21N3O3S.OS/c2*1-23-9-7-10-24(2)32(23)19-27-15-17-29-34(21-27)41-35-22-28(20-33-25(3)11-8-12-26(33)4)16-18-30(35)37(29)31-13-5-6-14-36(31)42(38,39)40;1-15-12-8-6-11(7-9-12)5-3-4-10-16(2,13)14;1-2/h2*5-19,21-22H,20H2,1-4H3,(H,38,39,40);10H,3-9H2,1-2H3;/p-2/b2*27-19+;;. The number of nitrogens with zero attached hydrogens (tertiary/aromatic N) is 2. The van der Waals surface area contributed by atoms with Crippen molar-refractivity contribution in [2.45, 2.75) is 84.4 Å². The van der Waals surface area contributed by atoms with Crippen LogP contribution >= 0.6 is 0 Å². The molecule has 0 amide bonds. The summed E-state index contributed by atoms with van der Waals surface area (Å²) in [6.07, 6.45) is 7.78. The summed E-state index contributed by atoms with van der Waals surface area (Å²) >= 11 is 2.83. The predicted octanol–water partition coefficient (Wildman–Crippen LogP) is 12.0. The van der Waals surface area contributed by atoms with Crippen molar-refractivity contribution in [3.8, 4) is 23.0 Å². The lowest BCUT2D eigenvalue weighted by atomic mass is 9.90. The third-order valence-electron chi connectivity index (χ3n) is 18.8. The van der Waals surface area contributed by atoms with Gasteiger partial charge in [0.2, 0.25) is 10.0 Å². The molecule has 13 rings (SSSR count). The van der Waals surface area contributed by atoms with Crippen LogP contribution in [0.25, 0.3) is 23.3 Å². The Bertz CT molecular complexity index is 5050. The van der Waals surface area contributed by atoms with Gasteiger partial charge in [-0.2, -0.15) is 9.27 Å². The zero-order valence-electron chi connectivity index (χ0n) is 58.9. The molecule has 10 aromatic carbocycles. The van der Waals surface area contributed by atoms with Crippen molar-refractivity contribution in [1.29, 1.82) is 0 Å². The van der Waals surface area contributed by atoms with E-state index in [0.717, 1.165) is 106 Å². The number of hydrogen-bond donors (Lipinski definition) is 1. The van der Waals surface area contributed by atoms with Crippen LogP contribution < -0.4 is 35.1 Å². The van der Waals surface area contributed by atoms with Gasteiger partial charge in [-0.05, 0) is 230 Å². The van der Waals surface area contributed by atoms with E-state index in [1.807, 2.05) is 77.9 Å². The summed E-state index contributed by atoms with van der Waals surface area (Å²) in [5.74, 6) is 2.48. The number of hydrogen-bond acceptors (Lipinski definition) is 15. The van der Waals surface area contributed by atoms with Crippen LogP contribution in [0.5, 0.6) is 23.0 Å². The van der Waals surface area contributed by atoms with E-state index in [-0.39, 0.29) is 9.79 Å². The first-order chi connectivity index (χ1) is 48.7. The van der Waals surface area contributed by atoms with Crippen molar-refractivity contribution in [2.24, 2.45) is 0 Å². The van der Waals surface area contributed by atoms with Crippen molar-refractivity contribution in [3.05, 3.63) is 315 Å². The zero-order valence-corrected chi connectivity index (χ0v) is 62.2. The van der Waals surface area contributed by atoms with Crippen LogP contribution in [0, 0.1) is 55.4 Å². The van der Waals surface area contributed by atoms with Gasteiger partial charge in [0.05, 0.1) is 23.2 Å². The Labute approximate surface area is 604 Å². The van der Waals surface area contributed by atoms with Crippen LogP contribution in [0.4, 0.5) is 0 Å². The Morgan fingerprint density at radius 1 is 0.451 bits per heavy atom. The Morgan fingerprint density at radius 3 is 1.19 bits per heavy atom. The monoisotopic (exact) mass is 1440 g/mol. The number of hydroxylamine groups is 2. The summed E-state index contributed by atoms with van der Waals surface area (Å²) in [6.45, 7) is 22.1.